The van der Waals surface area contributed by atoms with E-state index in [4.69, 9.17) is 31.8 Å². The van der Waals surface area contributed by atoms with E-state index in [1.165, 1.54) is 24.3 Å². The van der Waals surface area contributed by atoms with Gasteiger partial charge in [-0.3, -0.25) is 0 Å². The number of fused-ring (bicyclic) bond motifs is 5. The molecule has 7 aromatic carbocycles. The van der Waals surface area contributed by atoms with Crippen LogP contribution in [0.1, 0.15) is 27.4 Å². The van der Waals surface area contributed by atoms with E-state index in [1.807, 2.05) is 0 Å². The second-order valence-corrected chi connectivity index (χ2v) is 8.59. The Bertz CT molecular complexity index is 3150. The number of para-hydroxylation sites is 1. The summed E-state index contributed by atoms with van der Waals surface area (Å²) in [6, 6.07) is -7.59. The molecule has 0 amide bonds. The van der Waals surface area contributed by atoms with Gasteiger partial charge >= 0.3 is 0 Å². The number of furan rings is 1. The van der Waals surface area contributed by atoms with E-state index in [0.717, 1.165) is 0 Å². The first-order valence-electron chi connectivity index (χ1n) is 21.7. The van der Waals surface area contributed by atoms with E-state index in [-0.39, 0.29) is 71.8 Å². The van der Waals surface area contributed by atoms with Gasteiger partial charge in [-0.25, -0.2) is 0 Å². The average Bonchev–Trinajstić information content (AvgIpc) is 3.64. The third-order valence-electron chi connectivity index (χ3n) is 6.47. The van der Waals surface area contributed by atoms with E-state index < -0.39 is 126 Å². The van der Waals surface area contributed by atoms with Crippen molar-refractivity contribution in [1.29, 1.82) is 0 Å². The Labute approximate surface area is 254 Å². The second-order valence-electron chi connectivity index (χ2n) is 8.59. The smallest absolute Gasteiger partial charge is 0.135 e. The maximum atomic E-state index is 9.16. The van der Waals surface area contributed by atoms with Crippen LogP contribution in [0.3, 0.4) is 0 Å². The Morgan fingerprint density at radius 1 is 0.359 bits per heavy atom. The van der Waals surface area contributed by atoms with Gasteiger partial charge in [0.2, 0.25) is 0 Å². The van der Waals surface area contributed by atoms with Crippen molar-refractivity contribution >= 4 is 43.5 Å². The van der Waals surface area contributed by atoms with Gasteiger partial charge in [0, 0.05) is 10.8 Å². The van der Waals surface area contributed by atoms with Crippen molar-refractivity contribution in [2.24, 2.45) is 0 Å². The van der Waals surface area contributed by atoms with Crippen molar-refractivity contribution in [3.63, 3.8) is 0 Å². The first kappa shape index (κ1) is 9.87. The fourth-order valence-corrected chi connectivity index (χ4v) is 4.79. The molecule has 0 N–H and O–H groups in total. The summed E-state index contributed by atoms with van der Waals surface area (Å²) in [6.45, 7) is 0. The minimum absolute atomic E-state index is 0.111. The molecule has 1 nitrogen and oxygen atoms in total. The van der Waals surface area contributed by atoms with Crippen molar-refractivity contribution in [2.45, 2.75) is 0 Å². The summed E-state index contributed by atoms with van der Waals surface area (Å²) in [4.78, 5) is 0. The highest BCUT2D eigenvalue weighted by atomic mass is 16.3. The number of benzene rings is 7. The van der Waals surface area contributed by atoms with E-state index in [1.54, 1.807) is 0 Å². The Morgan fingerprint density at radius 2 is 0.846 bits per heavy atom. The Balaban J connectivity index is 1.52. The summed E-state index contributed by atoms with van der Waals surface area (Å²) in [7, 11) is 0. The lowest BCUT2D eigenvalue weighted by Gasteiger charge is -2.18. The van der Waals surface area contributed by atoms with Crippen LogP contribution in [0.4, 0.5) is 0 Å². The molecule has 0 saturated carbocycles. The zero-order chi connectivity index (χ0) is 43.2. The standard InChI is InChI=1S/C38H24O/c1-2-10-26(11-3-1)37-30-13-4-6-15-32(30)38(33-16-7-5-14-31(33)37)27-20-18-25(19-21-27)28-22-23-36-34(24-28)29-12-8-9-17-35(29)39-36/h1-24H/i1D,2D,3D,4D,5D,6D,7D,8D,9D,10D,11D,12D,13D,14D,15D,16D,17D,22D,23D,24D. The Kier molecular flexibility index (Phi) is 2.21. The van der Waals surface area contributed by atoms with Crippen LogP contribution in [0.2, 0.25) is 0 Å². The quantitative estimate of drug-likeness (QED) is 0.213. The van der Waals surface area contributed by atoms with Crippen LogP contribution < -0.4 is 0 Å². The van der Waals surface area contributed by atoms with Crippen molar-refractivity contribution in [2.75, 3.05) is 0 Å². The molecule has 0 spiro atoms. The molecule has 8 aromatic rings. The molecule has 0 radical (unpaired) electrons. The first-order valence-corrected chi connectivity index (χ1v) is 11.7. The molecule has 8 rings (SSSR count). The molecule has 39 heavy (non-hydrogen) atoms. The maximum absolute atomic E-state index is 9.16. The third kappa shape index (κ3) is 3.48. The van der Waals surface area contributed by atoms with Crippen LogP contribution in [0.25, 0.3) is 76.9 Å². The summed E-state index contributed by atoms with van der Waals surface area (Å²) in [5.74, 6) is 0. The molecule has 0 bridgehead atoms. The molecule has 0 atom stereocenters. The predicted octanol–water partition coefficient (Wildman–Crippen LogP) is 10.9. The fraction of sp³-hybridized carbons (Fsp3) is 0. The first-order chi connectivity index (χ1) is 27.7. The van der Waals surface area contributed by atoms with Gasteiger partial charge in [0.05, 0.1) is 27.4 Å². The molecule has 0 aliphatic carbocycles. The summed E-state index contributed by atoms with van der Waals surface area (Å²) in [5, 5.41) is -1.62. The molecule has 182 valence electrons. The number of hydrogen-bond donors (Lipinski definition) is 0. The van der Waals surface area contributed by atoms with Gasteiger partial charge in [0.1, 0.15) is 11.2 Å². The van der Waals surface area contributed by atoms with Crippen LogP contribution in [-0.4, -0.2) is 0 Å². The van der Waals surface area contributed by atoms with Gasteiger partial charge in [-0.15, -0.1) is 0 Å². The third-order valence-corrected chi connectivity index (χ3v) is 6.47. The van der Waals surface area contributed by atoms with E-state index in [0.29, 0.717) is 0 Å². The summed E-state index contributed by atoms with van der Waals surface area (Å²) in [6.07, 6.45) is 0. The van der Waals surface area contributed by atoms with Crippen LogP contribution in [0.15, 0.2) is 150 Å². The SMILES string of the molecule is [2H]c1c([2H])c([2H])c(-c2c3c([2H])c([2H])c([2H])c([2H])c3c(-c3ccc(-c4c([2H])c([2H])c5oc6c([2H])c([2H])c([2H])c([2H])c6c5c4[2H])cc3)c3c([2H])c([2H])c([2H])c([2H])c23)c([2H])c1[2H]. The lowest BCUT2D eigenvalue weighted by molar-refractivity contribution is 0.669. The van der Waals surface area contributed by atoms with Gasteiger partial charge in [-0.2, -0.15) is 0 Å². The van der Waals surface area contributed by atoms with Gasteiger partial charge in [-0.05, 0) is 73.1 Å². The topological polar surface area (TPSA) is 13.1 Å². The Morgan fingerprint density at radius 3 is 1.49 bits per heavy atom. The molecule has 1 aromatic heterocycles. The molecule has 1 heterocycles. The summed E-state index contributed by atoms with van der Waals surface area (Å²) < 4.78 is 179. The van der Waals surface area contributed by atoms with Gasteiger partial charge in [0.25, 0.3) is 0 Å². The van der Waals surface area contributed by atoms with Crippen LogP contribution >= 0.6 is 0 Å². The lowest BCUT2D eigenvalue weighted by Crippen LogP contribution is -1.90. The van der Waals surface area contributed by atoms with Crippen molar-refractivity contribution in [3.8, 4) is 33.4 Å². The van der Waals surface area contributed by atoms with Crippen molar-refractivity contribution < 1.29 is 31.8 Å². The molecule has 0 aliphatic heterocycles. The van der Waals surface area contributed by atoms with Crippen LogP contribution in [-0.2, 0) is 0 Å². The van der Waals surface area contributed by atoms with Crippen molar-refractivity contribution in [3.05, 3.63) is 145 Å². The monoisotopic (exact) mass is 516 g/mol. The Hall–Kier alpha value is -5.14. The number of hydrogen-bond acceptors (Lipinski definition) is 1. The normalized spacial score (nSPS) is 18.8. The minimum Gasteiger partial charge on any atom is -0.456 e. The van der Waals surface area contributed by atoms with E-state index in [9.17, 15) is 0 Å². The molecule has 1 heteroatoms. The number of rotatable bonds is 3. The predicted molar refractivity (Wildman–Crippen MR) is 165 cm³/mol. The van der Waals surface area contributed by atoms with Crippen LogP contribution in [0, 0.1) is 0 Å². The zero-order valence-electron chi connectivity index (χ0n) is 39.7. The highest BCUT2D eigenvalue weighted by Gasteiger charge is 2.16. The average molecular weight is 517 g/mol. The lowest BCUT2D eigenvalue weighted by atomic mass is 9.86. The molecule has 0 unspecified atom stereocenters. The molecule has 0 fully saturated rings. The van der Waals surface area contributed by atoms with Gasteiger partial charge < -0.3 is 4.42 Å². The summed E-state index contributed by atoms with van der Waals surface area (Å²) >= 11 is 0. The maximum Gasteiger partial charge on any atom is 0.135 e. The molecule has 0 saturated heterocycles. The van der Waals surface area contributed by atoms with E-state index in [2.05, 4.69) is 0 Å². The molecular formula is C38H24O. The van der Waals surface area contributed by atoms with Gasteiger partial charge in [0.15, 0.2) is 0 Å². The largest absolute Gasteiger partial charge is 0.456 e. The highest BCUT2D eigenvalue weighted by Crippen LogP contribution is 2.44. The second kappa shape index (κ2) is 8.72. The molecule has 0 aliphatic rings. The minimum atomic E-state index is -0.788. The summed E-state index contributed by atoms with van der Waals surface area (Å²) in [5.41, 5.74) is -1.54. The zero-order valence-corrected chi connectivity index (χ0v) is 19.7. The fourth-order valence-electron chi connectivity index (χ4n) is 4.79. The molecular weight excluding hydrogens is 472 g/mol. The van der Waals surface area contributed by atoms with Gasteiger partial charge in [-0.1, -0.05) is 127 Å². The van der Waals surface area contributed by atoms with E-state index >= 15 is 0 Å². The van der Waals surface area contributed by atoms with Crippen molar-refractivity contribution in [1.82, 2.24) is 0 Å². The van der Waals surface area contributed by atoms with Crippen LogP contribution in [0.5, 0.6) is 0 Å². The highest BCUT2D eigenvalue weighted by molar-refractivity contribution is 6.21.